The largest absolute Gasteiger partial charge is 0.391 e. The van der Waals surface area contributed by atoms with Gasteiger partial charge in [-0.2, -0.15) is 0 Å². The third-order valence-electron chi connectivity index (χ3n) is 5.76. The topological polar surface area (TPSA) is 78.6 Å². The quantitative estimate of drug-likeness (QED) is 0.730. The first-order chi connectivity index (χ1) is 12.1. The van der Waals surface area contributed by atoms with E-state index in [-0.39, 0.29) is 17.9 Å². The highest BCUT2D eigenvalue weighted by molar-refractivity contribution is 5.79. The maximum Gasteiger partial charge on any atom is 0.223 e. The molecule has 1 heterocycles. The average molecular weight is 345 g/mol. The van der Waals surface area contributed by atoms with Gasteiger partial charge in [-0.1, -0.05) is 30.3 Å². The fourth-order valence-electron chi connectivity index (χ4n) is 4.08. The number of likely N-dealkylation sites (tertiary alicyclic amines) is 1. The maximum absolute atomic E-state index is 12.1. The van der Waals surface area contributed by atoms with Crippen molar-refractivity contribution < 1.29 is 9.90 Å². The molecule has 3 atom stereocenters. The lowest BCUT2D eigenvalue weighted by molar-refractivity contribution is -0.125. The van der Waals surface area contributed by atoms with Crippen LogP contribution < -0.4 is 11.1 Å². The second-order valence-corrected chi connectivity index (χ2v) is 7.68. The van der Waals surface area contributed by atoms with Gasteiger partial charge in [0.15, 0.2) is 0 Å². The minimum absolute atomic E-state index is 0.0634. The van der Waals surface area contributed by atoms with Crippen molar-refractivity contribution >= 4 is 5.91 Å². The number of hydrogen-bond donors (Lipinski definition) is 3. The lowest BCUT2D eigenvalue weighted by Gasteiger charge is -2.32. The smallest absolute Gasteiger partial charge is 0.223 e. The molecule has 0 unspecified atom stereocenters. The van der Waals surface area contributed by atoms with E-state index in [1.54, 1.807) is 0 Å². The van der Waals surface area contributed by atoms with E-state index < -0.39 is 6.10 Å². The van der Waals surface area contributed by atoms with Gasteiger partial charge in [-0.05, 0) is 56.7 Å². The molecule has 1 amide bonds. The van der Waals surface area contributed by atoms with E-state index in [0.29, 0.717) is 18.8 Å². The van der Waals surface area contributed by atoms with E-state index in [2.05, 4.69) is 40.5 Å². The Morgan fingerprint density at radius 3 is 2.56 bits per heavy atom. The molecule has 138 valence electrons. The number of nitrogens with zero attached hydrogens (tertiary/aromatic N) is 1. The molecule has 1 aliphatic heterocycles. The van der Waals surface area contributed by atoms with Gasteiger partial charge in [0.1, 0.15) is 0 Å². The zero-order chi connectivity index (χ0) is 17.6. The fraction of sp³-hybridized carbons (Fsp3) is 0.650. The molecule has 0 aromatic heterocycles. The predicted molar refractivity (Wildman–Crippen MR) is 98.8 cm³/mol. The molecule has 1 saturated carbocycles. The number of aliphatic hydroxyl groups excluding tert-OH is 1. The summed E-state index contributed by atoms with van der Waals surface area (Å²) >= 11 is 0. The van der Waals surface area contributed by atoms with Crippen LogP contribution in [0, 0.1) is 11.8 Å². The first kappa shape index (κ1) is 18.4. The van der Waals surface area contributed by atoms with E-state index in [4.69, 9.17) is 5.73 Å². The third-order valence-corrected chi connectivity index (χ3v) is 5.76. The van der Waals surface area contributed by atoms with Gasteiger partial charge < -0.3 is 16.2 Å². The summed E-state index contributed by atoms with van der Waals surface area (Å²) in [4.78, 5) is 14.7. The zero-order valence-electron chi connectivity index (χ0n) is 14.9. The molecule has 3 rings (SSSR count). The molecule has 0 spiro atoms. The van der Waals surface area contributed by atoms with Crippen LogP contribution in [0.3, 0.4) is 0 Å². The number of aliphatic hydroxyl groups is 1. The summed E-state index contributed by atoms with van der Waals surface area (Å²) in [5.74, 6) is 0.648. The Hall–Kier alpha value is -1.43. The molecule has 25 heavy (non-hydrogen) atoms. The molecule has 1 aliphatic carbocycles. The monoisotopic (exact) mass is 345 g/mol. The molecule has 1 aromatic rings. The van der Waals surface area contributed by atoms with Gasteiger partial charge in [0.25, 0.3) is 0 Å². The number of piperidine rings is 1. The van der Waals surface area contributed by atoms with Crippen molar-refractivity contribution in [3.8, 4) is 0 Å². The number of amides is 1. The highest BCUT2D eigenvalue weighted by Crippen LogP contribution is 2.25. The Kier molecular flexibility index (Phi) is 6.45. The molecule has 1 aromatic carbocycles. The number of carbonyl (C=O) groups excluding carboxylic acids is 1. The first-order valence-electron chi connectivity index (χ1n) is 9.59. The van der Waals surface area contributed by atoms with Crippen molar-refractivity contribution in [1.82, 2.24) is 10.2 Å². The predicted octanol–water partition coefficient (Wildman–Crippen LogP) is 1.50. The summed E-state index contributed by atoms with van der Waals surface area (Å²) in [5.41, 5.74) is 7.17. The molecule has 2 fully saturated rings. The van der Waals surface area contributed by atoms with Gasteiger partial charge >= 0.3 is 0 Å². The molecule has 5 nitrogen and oxygen atoms in total. The second kappa shape index (κ2) is 8.79. The summed E-state index contributed by atoms with van der Waals surface area (Å²) in [6.45, 7) is 4.05. The Labute approximate surface area is 150 Å². The van der Waals surface area contributed by atoms with Gasteiger partial charge in [0.2, 0.25) is 5.91 Å². The van der Waals surface area contributed by atoms with Crippen molar-refractivity contribution in [1.29, 1.82) is 0 Å². The van der Waals surface area contributed by atoms with Gasteiger partial charge in [-0.25, -0.2) is 0 Å². The molecule has 0 bridgehead atoms. The van der Waals surface area contributed by atoms with Crippen molar-refractivity contribution in [2.75, 3.05) is 19.6 Å². The minimum atomic E-state index is -0.523. The number of carbonyl (C=O) groups is 1. The minimum Gasteiger partial charge on any atom is -0.391 e. The van der Waals surface area contributed by atoms with Crippen molar-refractivity contribution in [2.24, 2.45) is 17.6 Å². The highest BCUT2D eigenvalue weighted by Gasteiger charge is 2.34. The van der Waals surface area contributed by atoms with Crippen LogP contribution in [0.5, 0.6) is 0 Å². The summed E-state index contributed by atoms with van der Waals surface area (Å²) < 4.78 is 0. The van der Waals surface area contributed by atoms with E-state index in [1.165, 1.54) is 18.4 Å². The highest BCUT2D eigenvalue weighted by atomic mass is 16.3. The van der Waals surface area contributed by atoms with E-state index in [9.17, 15) is 9.90 Å². The van der Waals surface area contributed by atoms with Crippen LogP contribution >= 0.6 is 0 Å². The summed E-state index contributed by atoms with van der Waals surface area (Å²) in [6.07, 6.45) is 4.04. The zero-order valence-corrected chi connectivity index (χ0v) is 14.9. The van der Waals surface area contributed by atoms with Gasteiger partial charge in [-0.3, -0.25) is 9.69 Å². The van der Waals surface area contributed by atoms with Crippen LogP contribution in [-0.4, -0.2) is 47.7 Å². The van der Waals surface area contributed by atoms with E-state index in [1.807, 2.05) is 0 Å². The van der Waals surface area contributed by atoms with Crippen LogP contribution in [-0.2, 0) is 11.3 Å². The van der Waals surface area contributed by atoms with Crippen molar-refractivity contribution in [3.63, 3.8) is 0 Å². The Balaban J connectivity index is 1.31. The number of nitrogens with two attached hydrogens (primary N) is 1. The van der Waals surface area contributed by atoms with Crippen molar-refractivity contribution in [3.05, 3.63) is 35.9 Å². The van der Waals surface area contributed by atoms with Gasteiger partial charge in [0, 0.05) is 25.0 Å². The Bertz CT molecular complexity index is 533. The Morgan fingerprint density at radius 2 is 1.92 bits per heavy atom. The van der Waals surface area contributed by atoms with Gasteiger partial charge in [-0.15, -0.1) is 0 Å². The van der Waals surface area contributed by atoms with Gasteiger partial charge in [0.05, 0.1) is 6.10 Å². The van der Waals surface area contributed by atoms with E-state index >= 15 is 0 Å². The summed E-state index contributed by atoms with van der Waals surface area (Å²) in [7, 11) is 0. The van der Waals surface area contributed by atoms with Crippen molar-refractivity contribution in [2.45, 2.75) is 50.8 Å². The van der Waals surface area contributed by atoms with Crippen LogP contribution in [0.15, 0.2) is 30.3 Å². The molecule has 5 heteroatoms. The molecule has 4 N–H and O–H groups in total. The molecular weight excluding hydrogens is 314 g/mol. The summed E-state index contributed by atoms with van der Waals surface area (Å²) in [6, 6.07) is 10.4. The lowest BCUT2D eigenvalue weighted by Crippen LogP contribution is -2.36. The number of hydrogen-bond acceptors (Lipinski definition) is 4. The number of rotatable bonds is 6. The van der Waals surface area contributed by atoms with Crippen LogP contribution in [0.4, 0.5) is 0 Å². The SMILES string of the molecule is N[C@@H]1C[C@H](C(=O)NCCC2CCN(Cc3ccccc3)CC2)C[C@H]1O. The standard InChI is InChI=1S/C20H31N3O2/c21-18-12-17(13-19(18)24)20(25)22-9-6-15-7-10-23(11-8-15)14-16-4-2-1-3-5-16/h1-5,15,17-19,24H,6-14,21H2,(H,22,25)/t17-,18+,19+/m0/s1. The van der Waals surface area contributed by atoms with E-state index in [0.717, 1.165) is 32.6 Å². The average Bonchev–Trinajstić information content (AvgIpc) is 2.96. The first-order valence-corrected chi connectivity index (χ1v) is 9.59. The number of benzene rings is 1. The van der Waals surface area contributed by atoms with Crippen LogP contribution in [0.1, 0.15) is 37.7 Å². The fourth-order valence-corrected chi connectivity index (χ4v) is 4.08. The number of nitrogens with one attached hydrogen (secondary N) is 1. The van der Waals surface area contributed by atoms with Crippen LogP contribution in [0.2, 0.25) is 0 Å². The lowest BCUT2D eigenvalue weighted by atomic mass is 9.93. The van der Waals surface area contributed by atoms with Crippen LogP contribution in [0.25, 0.3) is 0 Å². The molecule has 1 saturated heterocycles. The summed E-state index contributed by atoms with van der Waals surface area (Å²) in [5, 5.41) is 12.7. The molecule has 0 radical (unpaired) electrons. The Morgan fingerprint density at radius 1 is 1.20 bits per heavy atom. The molecular formula is C20H31N3O2. The third kappa shape index (κ3) is 5.27. The second-order valence-electron chi connectivity index (χ2n) is 7.68. The maximum atomic E-state index is 12.1. The molecule has 2 aliphatic rings. The normalized spacial score (nSPS) is 28.2.